The maximum absolute atomic E-state index is 12.5. The van der Waals surface area contributed by atoms with Crippen LogP contribution in [0.2, 0.25) is 0 Å². The average molecular weight is 454 g/mol. The third-order valence-electron chi connectivity index (χ3n) is 4.74. The molecule has 0 spiro atoms. The van der Waals surface area contributed by atoms with E-state index in [4.69, 9.17) is 4.98 Å². The number of aryl methyl sites for hydroxylation is 2. The lowest BCUT2D eigenvalue weighted by Gasteiger charge is -2.06. The molecule has 4 nitrogen and oxygen atoms in total. The number of aromatic nitrogens is 2. The minimum Gasteiger partial charge on any atom is -0.326 e. The molecule has 0 fully saturated rings. The first kappa shape index (κ1) is 18.9. The topological polar surface area (TPSA) is 46.4 Å². The molecule has 0 aliphatic heterocycles. The van der Waals surface area contributed by atoms with E-state index >= 15 is 0 Å². The number of imidazole rings is 1. The first-order chi connectivity index (χ1) is 13.5. The van der Waals surface area contributed by atoms with Gasteiger partial charge in [-0.25, -0.2) is 4.98 Å². The maximum Gasteiger partial charge on any atom is 0.230 e. The van der Waals surface area contributed by atoms with Gasteiger partial charge in [0.25, 0.3) is 0 Å². The minimum atomic E-state index is -0.0435. The zero-order chi connectivity index (χ0) is 19.7. The lowest BCUT2D eigenvalue weighted by Crippen LogP contribution is -2.15. The molecule has 0 aliphatic carbocycles. The van der Waals surface area contributed by atoms with Crippen molar-refractivity contribution in [3.63, 3.8) is 0 Å². The van der Waals surface area contributed by atoms with Gasteiger partial charge in [0.1, 0.15) is 0 Å². The summed E-state index contributed by atoms with van der Waals surface area (Å²) in [6, 6.07) is 14.3. The molecular formula is C22H20BrN3OS. The van der Waals surface area contributed by atoms with Crippen molar-refractivity contribution < 1.29 is 4.79 Å². The zero-order valence-corrected chi connectivity index (χ0v) is 18.1. The van der Waals surface area contributed by atoms with E-state index in [1.807, 2.05) is 41.1 Å². The normalized spacial score (nSPS) is 11.1. The summed E-state index contributed by atoms with van der Waals surface area (Å²) in [4.78, 5) is 18.1. The lowest BCUT2D eigenvalue weighted by atomic mass is 10.1. The number of carbonyl (C=O) groups excluding carboxylic acids is 1. The number of rotatable bonds is 5. The smallest absolute Gasteiger partial charge is 0.230 e. The summed E-state index contributed by atoms with van der Waals surface area (Å²) >= 11 is 5.06. The highest BCUT2D eigenvalue weighted by atomic mass is 79.9. The van der Waals surface area contributed by atoms with E-state index in [1.165, 1.54) is 5.56 Å². The van der Waals surface area contributed by atoms with E-state index in [1.54, 1.807) is 11.3 Å². The molecule has 0 saturated carbocycles. The number of amides is 1. The number of halogens is 1. The number of nitrogens with zero attached hydrogens (tertiary/aromatic N) is 2. The lowest BCUT2D eigenvalue weighted by molar-refractivity contribution is -0.115. The molecule has 0 aliphatic rings. The van der Waals surface area contributed by atoms with Gasteiger partial charge in [0, 0.05) is 33.0 Å². The van der Waals surface area contributed by atoms with Crippen molar-refractivity contribution in [3.05, 3.63) is 75.3 Å². The van der Waals surface area contributed by atoms with E-state index in [2.05, 4.69) is 52.4 Å². The molecule has 0 saturated heterocycles. The fraction of sp³-hybridized carbons (Fsp3) is 0.182. The number of hydrogen-bond acceptors (Lipinski definition) is 3. The summed E-state index contributed by atoms with van der Waals surface area (Å²) in [5.41, 5.74) is 6.19. The Labute approximate surface area is 176 Å². The third-order valence-corrected chi connectivity index (χ3v) is 6.48. The molecule has 1 amide bonds. The highest BCUT2D eigenvalue weighted by Crippen LogP contribution is 2.25. The number of carbonyl (C=O) groups is 1. The van der Waals surface area contributed by atoms with Crippen molar-refractivity contribution in [2.75, 3.05) is 5.32 Å². The van der Waals surface area contributed by atoms with Gasteiger partial charge in [-0.2, -0.15) is 0 Å². The van der Waals surface area contributed by atoms with E-state index < -0.39 is 0 Å². The van der Waals surface area contributed by atoms with Crippen molar-refractivity contribution in [1.29, 1.82) is 0 Å². The van der Waals surface area contributed by atoms with Crippen LogP contribution in [0, 0.1) is 6.92 Å². The first-order valence-electron chi connectivity index (χ1n) is 9.14. The van der Waals surface area contributed by atoms with Gasteiger partial charge in [-0.3, -0.25) is 9.20 Å². The van der Waals surface area contributed by atoms with Crippen LogP contribution in [0.3, 0.4) is 0 Å². The Balaban J connectivity index is 1.53. The van der Waals surface area contributed by atoms with E-state index in [0.29, 0.717) is 6.42 Å². The van der Waals surface area contributed by atoms with Crippen molar-refractivity contribution in [1.82, 2.24) is 9.38 Å². The number of anilines is 1. The minimum absolute atomic E-state index is 0.0435. The molecule has 2 heterocycles. The van der Waals surface area contributed by atoms with Crippen LogP contribution in [0.15, 0.2) is 58.5 Å². The van der Waals surface area contributed by atoms with Crippen LogP contribution in [-0.2, 0) is 17.6 Å². The predicted molar refractivity (Wildman–Crippen MR) is 119 cm³/mol. The van der Waals surface area contributed by atoms with Crippen molar-refractivity contribution in [3.8, 4) is 11.3 Å². The van der Waals surface area contributed by atoms with E-state index in [9.17, 15) is 4.79 Å². The monoisotopic (exact) mass is 453 g/mol. The van der Waals surface area contributed by atoms with Gasteiger partial charge < -0.3 is 5.32 Å². The molecule has 1 N–H and O–H groups in total. The molecular weight excluding hydrogens is 434 g/mol. The average Bonchev–Trinajstić information content (AvgIpc) is 3.27. The Morgan fingerprint density at radius 3 is 2.71 bits per heavy atom. The fourth-order valence-electron chi connectivity index (χ4n) is 3.05. The summed E-state index contributed by atoms with van der Waals surface area (Å²) in [6.07, 6.45) is 3.34. The van der Waals surface area contributed by atoms with Crippen LogP contribution in [-0.4, -0.2) is 15.3 Å². The number of nitrogens with one attached hydrogen (secondary N) is 1. The largest absolute Gasteiger partial charge is 0.326 e. The SMILES string of the molecule is CCc1ccc(-c2cn3c(CC(=O)Nc4ccc(C)c(Br)c4)csc3n2)cc1. The molecule has 28 heavy (non-hydrogen) atoms. The molecule has 0 radical (unpaired) electrons. The van der Waals surface area contributed by atoms with Crippen molar-refractivity contribution in [2.45, 2.75) is 26.7 Å². The highest BCUT2D eigenvalue weighted by molar-refractivity contribution is 9.10. The zero-order valence-electron chi connectivity index (χ0n) is 15.7. The Bertz CT molecular complexity index is 1140. The van der Waals surface area contributed by atoms with Gasteiger partial charge in [-0.15, -0.1) is 11.3 Å². The second-order valence-electron chi connectivity index (χ2n) is 6.75. The summed E-state index contributed by atoms with van der Waals surface area (Å²) in [5, 5.41) is 4.96. The number of thiazole rings is 1. The Morgan fingerprint density at radius 2 is 2.00 bits per heavy atom. The molecule has 0 unspecified atom stereocenters. The Morgan fingerprint density at radius 1 is 1.21 bits per heavy atom. The van der Waals surface area contributed by atoms with Gasteiger partial charge in [0.15, 0.2) is 4.96 Å². The predicted octanol–water partition coefficient (Wildman–Crippen LogP) is 5.88. The molecule has 2 aromatic carbocycles. The first-order valence-corrected chi connectivity index (χ1v) is 10.8. The number of hydrogen-bond donors (Lipinski definition) is 1. The second kappa shape index (κ2) is 7.89. The summed E-state index contributed by atoms with van der Waals surface area (Å²) in [6.45, 7) is 4.17. The Kier molecular flexibility index (Phi) is 5.33. The molecule has 4 aromatic rings. The second-order valence-corrected chi connectivity index (χ2v) is 8.44. The Hall–Kier alpha value is -2.44. The van der Waals surface area contributed by atoms with E-state index in [-0.39, 0.29) is 5.91 Å². The molecule has 2 aromatic heterocycles. The summed E-state index contributed by atoms with van der Waals surface area (Å²) in [7, 11) is 0. The fourth-order valence-corrected chi connectivity index (χ4v) is 4.30. The van der Waals surface area contributed by atoms with Gasteiger partial charge in [-0.1, -0.05) is 53.2 Å². The summed E-state index contributed by atoms with van der Waals surface area (Å²) < 4.78 is 3.00. The maximum atomic E-state index is 12.5. The van der Waals surface area contributed by atoms with Crippen LogP contribution >= 0.6 is 27.3 Å². The molecule has 4 rings (SSSR count). The van der Waals surface area contributed by atoms with Gasteiger partial charge in [0.2, 0.25) is 5.91 Å². The molecule has 6 heteroatoms. The van der Waals surface area contributed by atoms with Crippen LogP contribution in [0.4, 0.5) is 5.69 Å². The van der Waals surface area contributed by atoms with Crippen LogP contribution in [0.25, 0.3) is 16.2 Å². The van der Waals surface area contributed by atoms with Crippen LogP contribution in [0.1, 0.15) is 23.7 Å². The highest BCUT2D eigenvalue weighted by Gasteiger charge is 2.13. The number of fused-ring (bicyclic) bond motifs is 1. The van der Waals surface area contributed by atoms with Gasteiger partial charge >= 0.3 is 0 Å². The van der Waals surface area contributed by atoms with Crippen molar-refractivity contribution in [2.24, 2.45) is 0 Å². The van der Waals surface area contributed by atoms with Crippen molar-refractivity contribution >= 4 is 43.8 Å². The van der Waals surface area contributed by atoms with Crippen LogP contribution in [0.5, 0.6) is 0 Å². The molecule has 142 valence electrons. The quantitative estimate of drug-likeness (QED) is 0.410. The number of benzene rings is 2. The van der Waals surface area contributed by atoms with Crippen LogP contribution < -0.4 is 5.32 Å². The summed E-state index contributed by atoms with van der Waals surface area (Å²) in [5.74, 6) is -0.0435. The standard InChI is InChI=1S/C22H20BrN3OS/c1-3-15-5-7-16(8-6-15)20-12-26-18(13-28-22(26)25-20)11-21(27)24-17-9-4-14(2)19(23)10-17/h4-10,12-13H,3,11H2,1-2H3,(H,24,27). The molecule has 0 bridgehead atoms. The van der Waals surface area contributed by atoms with Gasteiger partial charge in [0.05, 0.1) is 12.1 Å². The van der Waals surface area contributed by atoms with E-state index in [0.717, 1.165) is 44.1 Å². The molecule has 0 atom stereocenters. The van der Waals surface area contributed by atoms with Gasteiger partial charge in [-0.05, 0) is 36.6 Å². The third kappa shape index (κ3) is 3.88.